The largest absolute Gasteiger partial charge is 0.497 e. The molecule has 3 aromatic rings. The van der Waals surface area contributed by atoms with E-state index in [4.69, 9.17) is 14.5 Å². The van der Waals surface area contributed by atoms with Crippen molar-refractivity contribution in [2.75, 3.05) is 44.7 Å². The normalized spacial score (nSPS) is 15.4. The van der Waals surface area contributed by atoms with Gasteiger partial charge in [0.1, 0.15) is 24.2 Å². The van der Waals surface area contributed by atoms with Crippen molar-refractivity contribution in [1.29, 1.82) is 0 Å². The number of guanidine groups is 1. The summed E-state index contributed by atoms with van der Waals surface area (Å²) >= 11 is 0. The molecule has 0 bridgehead atoms. The minimum absolute atomic E-state index is 0.0361. The lowest BCUT2D eigenvalue weighted by atomic mass is 10.0. The molecular formula is C35H41FN6O6. The third-order valence-corrected chi connectivity index (χ3v) is 8.39. The predicted octanol–water partition coefficient (Wildman–Crippen LogP) is 3.76. The third-order valence-electron chi connectivity index (χ3n) is 8.39. The van der Waals surface area contributed by atoms with Crippen LogP contribution in [-0.2, 0) is 22.7 Å². The number of carboxylic acid groups (broad SMARTS) is 1. The Balaban J connectivity index is 1.15. The molecule has 1 atom stereocenters. The molecule has 2 aliphatic rings. The fourth-order valence-corrected chi connectivity index (χ4v) is 5.74. The van der Waals surface area contributed by atoms with Gasteiger partial charge in [-0.05, 0) is 60.7 Å². The van der Waals surface area contributed by atoms with E-state index in [1.807, 2.05) is 23.1 Å². The van der Waals surface area contributed by atoms with E-state index >= 15 is 4.39 Å². The van der Waals surface area contributed by atoms with Gasteiger partial charge in [-0.15, -0.1) is 0 Å². The zero-order valence-corrected chi connectivity index (χ0v) is 26.9. The zero-order valence-electron chi connectivity index (χ0n) is 26.9. The lowest BCUT2D eigenvalue weighted by Crippen LogP contribution is -2.52. The first kappa shape index (κ1) is 34.0. The second-order valence-electron chi connectivity index (χ2n) is 11.7. The fraction of sp³-hybridized carbons (Fsp3) is 0.371. The molecule has 2 amide bonds. The number of benzene rings is 3. The van der Waals surface area contributed by atoms with Gasteiger partial charge in [0, 0.05) is 50.9 Å². The Morgan fingerprint density at radius 1 is 1.06 bits per heavy atom. The first-order valence-electron chi connectivity index (χ1n) is 16.0. The number of halogens is 1. The second-order valence-corrected chi connectivity index (χ2v) is 11.7. The number of carbonyl (C=O) groups excluding carboxylic acids is 2. The van der Waals surface area contributed by atoms with Crippen molar-refractivity contribution in [2.45, 2.75) is 44.5 Å². The number of nitrogens with one attached hydrogen (secondary N) is 3. The van der Waals surface area contributed by atoms with Crippen LogP contribution < -0.4 is 25.6 Å². The van der Waals surface area contributed by atoms with Crippen LogP contribution in [0.1, 0.15) is 40.7 Å². The minimum Gasteiger partial charge on any atom is -0.497 e. The van der Waals surface area contributed by atoms with Crippen LogP contribution in [0, 0.1) is 5.82 Å². The molecule has 0 aliphatic carbocycles. The first-order chi connectivity index (χ1) is 23.3. The van der Waals surface area contributed by atoms with E-state index in [9.17, 15) is 19.5 Å². The molecule has 48 heavy (non-hydrogen) atoms. The van der Waals surface area contributed by atoms with Gasteiger partial charge in [-0.2, -0.15) is 0 Å². The molecule has 1 fully saturated rings. The number of piperidine rings is 1. The number of methoxy groups -OCH3 is 1. The van der Waals surface area contributed by atoms with E-state index < -0.39 is 36.4 Å². The zero-order chi connectivity index (χ0) is 33.9. The molecule has 13 heteroatoms. The van der Waals surface area contributed by atoms with Gasteiger partial charge in [-0.25, -0.2) is 14.0 Å². The number of alkyl carbamates (subject to hydrolysis) is 1. The summed E-state index contributed by atoms with van der Waals surface area (Å²) in [6.45, 7) is 3.11. The summed E-state index contributed by atoms with van der Waals surface area (Å²) in [5.41, 5.74) is 2.31. The maximum absolute atomic E-state index is 15.4. The van der Waals surface area contributed by atoms with Gasteiger partial charge < -0.3 is 40.3 Å². The second kappa shape index (κ2) is 16.5. The van der Waals surface area contributed by atoms with Gasteiger partial charge in [-0.3, -0.25) is 9.79 Å². The van der Waals surface area contributed by atoms with E-state index in [1.165, 1.54) is 6.07 Å². The smallest absolute Gasteiger partial charge is 0.408 e. The predicted molar refractivity (Wildman–Crippen MR) is 179 cm³/mol. The molecule has 2 aliphatic heterocycles. The van der Waals surface area contributed by atoms with Crippen molar-refractivity contribution in [3.63, 3.8) is 0 Å². The molecule has 1 saturated heterocycles. The summed E-state index contributed by atoms with van der Waals surface area (Å²) in [4.78, 5) is 45.7. The number of hydrogen-bond donors (Lipinski definition) is 4. The van der Waals surface area contributed by atoms with Gasteiger partial charge in [-0.1, -0.05) is 42.5 Å². The standard InChI is InChI=1S/C35H41FN6O6/c1-47-28-11-8-24(9-12-28)22-42(34-37-16-5-17-38-34)27-14-18-41(19-15-27)31-13-10-26(20-29(31)36)32(43)39-21-30(33(44)45)40-35(46)48-23-25-6-3-2-4-7-25/h2-4,6-13,20,27,30H,5,14-19,21-23H2,1H3,(H,37,38)(H,39,43)(H,40,46)(H,44,45)/t30-/m0/s1. The van der Waals surface area contributed by atoms with Crippen molar-refractivity contribution in [2.24, 2.45) is 4.99 Å². The summed E-state index contributed by atoms with van der Waals surface area (Å²) in [6.07, 6.45) is 1.63. The fourth-order valence-electron chi connectivity index (χ4n) is 5.74. The molecular weight excluding hydrogens is 619 g/mol. The molecule has 0 radical (unpaired) electrons. The Bertz CT molecular complexity index is 1580. The van der Waals surface area contributed by atoms with E-state index in [2.05, 4.69) is 33.0 Å². The van der Waals surface area contributed by atoms with Crippen molar-refractivity contribution >= 4 is 29.6 Å². The number of amides is 2. The van der Waals surface area contributed by atoms with Gasteiger partial charge in [0.2, 0.25) is 0 Å². The summed E-state index contributed by atoms with van der Waals surface area (Å²) in [7, 11) is 1.65. The number of aliphatic carboxylic acids is 1. The molecule has 0 unspecified atom stereocenters. The maximum atomic E-state index is 15.4. The summed E-state index contributed by atoms with van der Waals surface area (Å²) < 4.78 is 25.8. The number of anilines is 1. The van der Waals surface area contributed by atoms with Crippen molar-refractivity contribution in [3.8, 4) is 5.75 Å². The summed E-state index contributed by atoms with van der Waals surface area (Å²) in [5.74, 6) is -0.880. The molecule has 12 nitrogen and oxygen atoms in total. The van der Waals surface area contributed by atoms with Gasteiger partial charge in [0.15, 0.2) is 5.96 Å². The average molecular weight is 661 g/mol. The molecule has 5 rings (SSSR count). The summed E-state index contributed by atoms with van der Waals surface area (Å²) in [5, 5.41) is 17.7. The Hall–Kier alpha value is -5.33. The highest BCUT2D eigenvalue weighted by Gasteiger charge is 2.29. The van der Waals surface area contributed by atoms with Crippen LogP contribution >= 0.6 is 0 Å². The lowest BCUT2D eigenvalue weighted by Gasteiger charge is -2.41. The van der Waals surface area contributed by atoms with Crippen molar-refractivity contribution in [1.82, 2.24) is 20.9 Å². The number of ether oxygens (including phenoxy) is 2. The maximum Gasteiger partial charge on any atom is 0.408 e. The van der Waals surface area contributed by atoms with Crippen LogP contribution in [0.25, 0.3) is 0 Å². The number of aliphatic imine (C=N–C) groups is 1. The van der Waals surface area contributed by atoms with E-state index in [0.717, 1.165) is 61.3 Å². The highest BCUT2D eigenvalue weighted by atomic mass is 19.1. The molecule has 4 N–H and O–H groups in total. The van der Waals surface area contributed by atoms with Gasteiger partial charge >= 0.3 is 12.1 Å². The van der Waals surface area contributed by atoms with Crippen LogP contribution in [0.5, 0.6) is 5.75 Å². The monoisotopic (exact) mass is 660 g/mol. The van der Waals surface area contributed by atoms with Crippen LogP contribution in [0.4, 0.5) is 14.9 Å². The number of hydrogen-bond acceptors (Lipinski definition) is 9. The van der Waals surface area contributed by atoms with Crippen molar-refractivity contribution < 1.29 is 33.4 Å². The Morgan fingerprint density at radius 3 is 2.46 bits per heavy atom. The quantitative estimate of drug-likeness (QED) is 0.228. The van der Waals surface area contributed by atoms with Crippen LogP contribution in [0.15, 0.2) is 77.8 Å². The molecule has 0 aromatic heterocycles. The van der Waals surface area contributed by atoms with E-state index in [-0.39, 0.29) is 18.2 Å². The molecule has 0 saturated carbocycles. The van der Waals surface area contributed by atoms with Gasteiger partial charge in [0.25, 0.3) is 5.91 Å². The third kappa shape index (κ3) is 9.14. The number of carboxylic acids is 1. The Labute approximate surface area is 278 Å². The lowest BCUT2D eigenvalue weighted by molar-refractivity contribution is -0.139. The van der Waals surface area contributed by atoms with E-state index in [1.54, 1.807) is 37.4 Å². The topological polar surface area (TPSA) is 145 Å². The van der Waals surface area contributed by atoms with Crippen molar-refractivity contribution in [3.05, 3.63) is 95.3 Å². The number of carbonyl (C=O) groups is 3. The van der Waals surface area contributed by atoms with Gasteiger partial charge in [0.05, 0.1) is 12.8 Å². The number of nitrogens with zero attached hydrogens (tertiary/aromatic N) is 3. The average Bonchev–Trinajstić information content (AvgIpc) is 3.12. The van der Waals surface area contributed by atoms with E-state index in [0.29, 0.717) is 25.3 Å². The minimum atomic E-state index is -1.44. The highest BCUT2D eigenvalue weighted by molar-refractivity contribution is 5.95. The molecule has 0 spiro atoms. The molecule has 254 valence electrons. The molecule has 2 heterocycles. The van der Waals surface area contributed by atoms with Crippen LogP contribution in [0.2, 0.25) is 0 Å². The SMILES string of the molecule is COc1ccc(CN(C2=NCCCN2)C2CCN(c3ccc(C(=O)NC[C@H](NC(=O)OCc4ccccc4)C(=O)O)cc3F)CC2)cc1. The number of rotatable bonds is 12. The van der Waals surface area contributed by atoms with Crippen LogP contribution in [0.3, 0.4) is 0 Å². The molecule has 3 aromatic carbocycles. The Morgan fingerprint density at radius 2 is 1.81 bits per heavy atom. The first-order valence-corrected chi connectivity index (χ1v) is 16.0. The van der Waals surface area contributed by atoms with Crippen LogP contribution in [-0.4, -0.2) is 85.9 Å². The highest BCUT2D eigenvalue weighted by Crippen LogP contribution is 2.27. The summed E-state index contributed by atoms with van der Waals surface area (Å²) in [6, 6.07) is 19.9. The Kier molecular flexibility index (Phi) is 11.7.